The third-order valence-electron chi connectivity index (χ3n) is 4.53. The summed E-state index contributed by atoms with van der Waals surface area (Å²) in [6.45, 7) is 8.35. The molecule has 1 amide bonds. The monoisotopic (exact) mass is 354 g/mol. The van der Waals surface area contributed by atoms with Gasteiger partial charge in [0.05, 0.1) is 12.2 Å². The summed E-state index contributed by atoms with van der Waals surface area (Å²) in [4.78, 5) is 14.6. The van der Waals surface area contributed by atoms with Crippen molar-refractivity contribution in [2.45, 2.75) is 39.3 Å². The van der Waals surface area contributed by atoms with Crippen LogP contribution in [-0.4, -0.2) is 24.7 Å². The number of fused-ring (bicyclic) bond motifs is 1. The van der Waals surface area contributed by atoms with Gasteiger partial charge in [-0.3, -0.25) is 4.79 Å². The van der Waals surface area contributed by atoms with Crippen LogP contribution in [-0.2, 0) is 4.79 Å². The summed E-state index contributed by atoms with van der Waals surface area (Å²) in [5, 5.41) is 0. The van der Waals surface area contributed by atoms with E-state index in [0.717, 1.165) is 17.0 Å². The molecule has 0 aromatic heterocycles. The van der Waals surface area contributed by atoms with Crippen LogP contribution in [0.15, 0.2) is 42.5 Å². The fraction of sp³-hybridized carbons (Fsp3) is 0.381. The molecule has 1 heterocycles. The molecule has 2 aromatic rings. The average molecular weight is 354 g/mol. The van der Waals surface area contributed by atoms with Crippen molar-refractivity contribution in [3.63, 3.8) is 0 Å². The van der Waals surface area contributed by atoms with Crippen LogP contribution in [0.3, 0.4) is 0 Å². The molecule has 138 valence electrons. The van der Waals surface area contributed by atoms with E-state index in [-0.39, 0.29) is 11.9 Å². The first-order chi connectivity index (χ1) is 12.3. The fourth-order valence-electron chi connectivity index (χ4n) is 2.98. The Kier molecular flexibility index (Phi) is 4.92. The van der Waals surface area contributed by atoms with Crippen LogP contribution in [0.4, 0.5) is 5.69 Å². The maximum Gasteiger partial charge on any atom is 0.270 e. The summed E-state index contributed by atoms with van der Waals surface area (Å²) >= 11 is 0. The van der Waals surface area contributed by atoms with Crippen molar-refractivity contribution in [2.24, 2.45) is 5.73 Å². The molecule has 0 saturated heterocycles. The van der Waals surface area contributed by atoms with Crippen LogP contribution >= 0.6 is 0 Å². The molecule has 0 bridgehead atoms. The predicted molar refractivity (Wildman–Crippen MR) is 103 cm³/mol. The molecule has 0 fully saturated rings. The van der Waals surface area contributed by atoms with Gasteiger partial charge in [-0.05, 0) is 57.5 Å². The van der Waals surface area contributed by atoms with E-state index in [1.807, 2.05) is 56.3 Å². The summed E-state index contributed by atoms with van der Waals surface area (Å²) in [5.41, 5.74) is 7.98. The largest absolute Gasteiger partial charge is 0.492 e. The van der Waals surface area contributed by atoms with Crippen LogP contribution in [0.2, 0.25) is 0 Å². The number of carbonyl (C=O) groups is 1. The third kappa shape index (κ3) is 3.68. The molecule has 2 N–H and O–H groups in total. The van der Waals surface area contributed by atoms with Crippen LogP contribution in [0, 0.1) is 6.92 Å². The van der Waals surface area contributed by atoms with Gasteiger partial charge in [0.25, 0.3) is 5.91 Å². The van der Waals surface area contributed by atoms with E-state index in [2.05, 4.69) is 0 Å². The Bertz CT molecular complexity index is 797. The van der Waals surface area contributed by atoms with Gasteiger partial charge >= 0.3 is 0 Å². The molecule has 5 heteroatoms. The molecular weight excluding hydrogens is 328 g/mol. The zero-order valence-electron chi connectivity index (χ0n) is 15.8. The summed E-state index contributed by atoms with van der Waals surface area (Å²) in [6, 6.07) is 13.5. The number of benzene rings is 2. The van der Waals surface area contributed by atoms with Gasteiger partial charge in [0.2, 0.25) is 0 Å². The molecule has 1 atom stereocenters. The van der Waals surface area contributed by atoms with Gasteiger partial charge in [0.1, 0.15) is 18.1 Å². The second-order valence-corrected chi connectivity index (χ2v) is 7.25. The Hall–Kier alpha value is -2.53. The minimum Gasteiger partial charge on any atom is -0.492 e. The number of amides is 1. The van der Waals surface area contributed by atoms with Crippen molar-refractivity contribution >= 4 is 11.6 Å². The standard InChI is InChI=1S/C21H26N2O3/c1-14-5-8-17(9-6-14)25-12-11-23-18-13-16(15(2)22)7-10-19(18)26-21(3,4)20(23)24/h5-10,13,15H,11-12,22H2,1-4H3. The van der Waals surface area contributed by atoms with Gasteiger partial charge < -0.3 is 20.1 Å². The van der Waals surface area contributed by atoms with Crippen molar-refractivity contribution in [3.05, 3.63) is 53.6 Å². The molecule has 0 radical (unpaired) electrons. The number of ether oxygens (including phenoxy) is 2. The highest BCUT2D eigenvalue weighted by Crippen LogP contribution is 2.39. The second-order valence-electron chi connectivity index (χ2n) is 7.25. The molecule has 0 saturated carbocycles. The Morgan fingerprint density at radius 3 is 2.54 bits per heavy atom. The summed E-state index contributed by atoms with van der Waals surface area (Å²) < 4.78 is 11.7. The SMILES string of the molecule is Cc1ccc(OCCN2C(=O)C(C)(C)Oc3ccc(C(C)N)cc32)cc1. The lowest BCUT2D eigenvalue weighted by molar-refractivity contribution is -0.132. The number of rotatable bonds is 5. The highest BCUT2D eigenvalue weighted by Gasteiger charge is 2.40. The van der Waals surface area contributed by atoms with Crippen molar-refractivity contribution in [1.82, 2.24) is 0 Å². The molecule has 3 rings (SSSR count). The number of carbonyl (C=O) groups excluding carboxylic acids is 1. The van der Waals surface area contributed by atoms with Crippen molar-refractivity contribution < 1.29 is 14.3 Å². The lowest BCUT2D eigenvalue weighted by Crippen LogP contribution is -2.53. The molecule has 26 heavy (non-hydrogen) atoms. The molecule has 0 aliphatic carbocycles. The lowest BCUT2D eigenvalue weighted by Gasteiger charge is -2.39. The van der Waals surface area contributed by atoms with Crippen molar-refractivity contribution in [3.8, 4) is 11.5 Å². The van der Waals surface area contributed by atoms with E-state index in [9.17, 15) is 4.79 Å². The van der Waals surface area contributed by atoms with Gasteiger partial charge in [-0.25, -0.2) is 0 Å². The van der Waals surface area contributed by atoms with Crippen LogP contribution < -0.4 is 20.1 Å². The predicted octanol–water partition coefficient (Wildman–Crippen LogP) is 3.60. The van der Waals surface area contributed by atoms with Crippen molar-refractivity contribution in [2.75, 3.05) is 18.1 Å². The minimum atomic E-state index is -0.910. The molecule has 1 aliphatic heterocycles. The molecular formula is C21H26N2O3. The Morgan fingerprint density at radius 1 is 1.19 bits per heavy atom. The highest BCUT2D eigenvalue weighted by atomic mass is 16.5. The number of hydrogen-bond acceptors (Lipinski definition) is 4. The number of hydrogen-bond donors (Lipinski definition) is 1. The Labute approximate surface area is 154 Å². The van der Waals surface area contributed by atoms with E-state index >= 15 is 0 Å². The van der Waals surface area contributed by atoms with Gasteiger partial charge in [0, 0.05) is 6.04 Å². The van der Waals surface area contributed by atoms with Gasteiger partial charge in [-0.1, -0.05) is 23.8 Å². The van der Waals surface area contributed by atoms with Gasteiger partial charge in [-0.2, -0.15) is 0 Å². The van der Waals surface area contributed by atoms with Crippen LogP contribution in [0.1, 0.15) is 37.9 Å². The first-order valence-electron chi connectivity index (χ1n) is 8.88. The number of nitrogens with zero attached hydrogens (tertiary/aromatic N) is 1. The Morgan fingerprint density at radius 2 is 1.88 bits per heavy atom. The van der Waals surface area contributed by atoms with Gasteiger partial charge in [0.15, 0.2) is 5.60 Å². The fourth-order valence-corrected chi connectivity index (χ4v) is 2.98. The maximum atomic E-state index is 12.9. The van der Waals surface area contributed by atoms with Crippen LogP contribution in [0.5, 0.6) is 11.5 Å². The van der Waals surface area contributed by atoms with E-state index < -0.39 is 5.60 Å². The van der Waals surface area contributed by atoms with Gasteiger partial charge in [-0.15, -0.1) is 0 Å². The third-order valence-corrected chi connectivity index (χ3v) is 4.53. The Balaban J connectivity index is 1.81. The molecule has 5 nitrogen and oxygen atoms in total. The van der Waals surface area contributed by atoms with E-state index in [1.165, 1.54) is 5.56 Å². The zero-order chi connectivity index (χ0) is 18.9. The minimum absolute atomic E-state index is 0.0840. The second kappa shape index (κ2) is 7.00. The van der Waals surface area contributed by atoms with E-state index in [4.69, 9.17) is 15.2 Å². The summed E-state index contributed by atoms with van der Waals surface area (Å²) in [6.07, 6.45) is 0. The van der Waals surface area contributed by atoms with Crippen molar-refractivity contribution in [1.29, 1.82) is 0 Å². The molecule has 1 aliphatic rings. The average Bonchev–Trinajstić information content (AvgIpc) is 2.59. The number of anilines is 1. The molecule has 0 spiro atoms. The van der Waals surface area contributed by atoms with E-state index in [1.54, 1.807) is 18.7 Å². The number of aryl methyl sites for hydroxylation is 1. The zero-order valence-corrected chi connectivity index (χ0v) is 15.8. The normalized spacial score (nSPS) is 16.7. The summed E-state index contributed by atoms with van der Waals surface area (Å²) in [7, 11) is 0. The highest BCUT2D eigenvalue weighted by molar-refractivity contribution is 6.02. The maximum absolute atomic E-state index is 12.9. The molecule has 1 unspecified atom stereocenters. The molecule has 2 aromatic carbocycles. The van der Waals surface area contributed by atoms with E-state index in [0.29, 0.717) is 18.9 Å². The van der Waals surface area contributed by atoms with Crippen LogP contribution in [0.25, 0.3) is 0 Å². The lowest BCUT2D eigenvalue weighted by atomic mass is 10.0. The smallest absolute Gasteiger partial charge is 0.270 e. The first-order valence-corrected chi connectivity index (χ1v) is 8.88. The first kappa shape index (κ1) is 18.3. The topological polar surface area (TPSA) is 64.8 Å². The number of nitrogens with two attached hydrogens (primary N) is 1. The quantitative estimate of drug-likeness (QED) is 0.891. The summed E-state index contributed by atoms with van der Waals surface area (Å²) in [5.74, 6) is 1.40.